The topological polar surface area (TPSA) is 97.4 Å². The highest BCUT2D eigenvalue weighted by atomic mass is 16.4. The van der Waals surface area contributed by atoms with Crippen molar-refractivity contribution in [3.8, 4) is 0 Å². The average Bonchev–Trinajstić information content (AvgIpc) is 2.96. The molecule has 19 heavy (non-hydrogen) atoms. The van der Waals surface area contributed by atoms with Crippen LogP contribution < -0.4 is 5.32 Å². The number of nitrogens with zero attached hydrogens (tertiary/aromatic N) is 2. The molecule has 2 aromatic rings. The Morgan fingerprint density at radius 3 is 3.00 bits per heavy atom. The molecule has 7 heteroatoms. The van der Waals surface area contributed by atoms with Gasteiger partial charge in [-0.1, -0.05) is 6.92 Å². The van der Waals surface area contributed by atoms with Crippen molar-refractivity contribution in [2.75, 3.05) is 5.32 Å². The minimum atomic E-state index is -0.996. The van der Waals surface area contributed by atoms with Gasteiger partial charge < -0.3 is 14.8 Å². The number of hydrogen-bond acceptors (Lipinski definition) is 4. The third-order valence-electron chi connectivity index (χ3n) is 2.50. The van der Waals surface area contributed by atoms with Crippen LogP contribution in [0.1, 0.15) is 23.0 Å². The molecular weight excluding hydrogens is 250 g/mol. The van der Waals surface area contributed by atoms with Gasteiger partial charge in [0.05, 0.1) is 23.7 Å². The van der Waals surface area contributed by atoms with E-state index in [2.05, 4.69) is 10.4 Å². The summed E-state index contributed by atoms with van der Waals surface area (Å²) in [5.41, 5.74) is 0.906. The maximum absolute atomic E-state index is 12.0. The lowest BCUT2D eigenvalue weighted by atomic mass is 10.2. The summed E-state index contributed by atoms with van der Waals surface area (Å²) >= 11 is 0. The van der Waals surface area contributed by atoms with Gasteiger partial charge in [0.15, 0.2) is 0 Å². The molecule has 0 atom stereocenters. The highest BCUT2D eigenvalue weighted by Crippen LogP contribution is 2.14. The third kappa shape index (κ3) is 3.01. The number of aromatic nitrogens is 2. The lowest BCUT2D eigenvalue weighted by Gasteiger charge is -2.01. The van der Waals surface area contributed by atoms with Gasteiger partial charge in [0.25, 0.3) is 5.91 Å². The maximum atomic E-state index is 12.0. The van der Waals surface area contributed by atoms with Gasteiger partial charge in [-0.05, 0) is 6.07 Å². The maximum Gasteiger partial charge on any atom is 0.325 e. The molecular formula is C12H13N3O4. The Balaban J connectivity index is 2.07. The molecule has 0 aliphatic carbocycles. The number of aryl methyl sites for hydroxylation is 1. The molecule has 0 aromatic carbocycles. The SMILES string of the molecule is CCc1occc1C(=O)Nc1cnn(CC(=O)O)c1. The molecule has 2 N–H and O–H groups in total. The van der Waals surface area contributed by atoms with E-state index in [0.29, 0.717) is 23.4 Å². The van der Waals surface area contributed by atoms with E-state index in [1.54, 1.807) is 6.07 Å². The van der Waals surface area contributed by atoms with Crippen LogP contribution in [0.4, 0.5) is 5.69 Å². The van der Waals surface area contributed by atoms with Crippen molar-refractivity contribution >= 4 is 17.6 Å². The zero-order valence-electron chi connectivity index (χ0n) is 10.3. The smallest absolute Gasteiger partial charge is 0.325 e. The molecule has 0 fully saturated rings. The van der Waals surface area contributed by atoms with E-state index in [9.17, 15) is 9.59 Å². The lowest BCUT2D eigenvalue weighted by molar-refractivity contribution is -0.137. The van der Waals surface area contributed by atoms with E-state index in [0.717, 1.165) is 0 Å². The minimum absolute atomic E-state index is 0.248. The van der Waals surface area contributed by atoms with Gasteiger partial charge in [-0.2, -0.15) is 5.10 Å². The van der Waals surface area contributed by atoms with Crippen LogP contribution in [0.2, 0.25) is 0 Å². The first-order valence-corrected chi connectivity index (χ1v) is 5.72. The number of carboxylic acid groups (broad SMARTS) is 1. The molecule has 2 rings (SSSR count). The van der Waals surface area contributed by atoms with E-state index < -0.39 is 5.97 Å². The van der Waals surface area contributed by atoms with Gasteiger partial charge in [0.2, 0.25) is 0 Å². The van der Waals surface area contributed by atoms with Crippen molar-refractivity contribution in [3.63, 3.8) is 0 Å². The second kappa shape index (κ2) is 5.38. The molecule has 0 radical (unpaired) electrons. The number of aliphatic carboxylic acids is 1. The molecule has 0 bridgehead atoms. The number of rotatable bonds is 5. The Morgan fingerprint density at radius 1 is 1.53 bits per heavy atom. The van der Waals surface area contributed by atoms with Crippen LogP contribution in [-0.4, -0.2) is 26.8 Å². The summed E-state index contributed by atoms with van der Waals surface area (Å²) in [6.45, 7) is 1.64. The fourth-order valence-corrected chi connectivity index (χ4v) is 1.67. The number of furan rings is 1. The zero-order valence-corrected chi connectivity index (χ0v) is 10.3. The Kier molecular flexibility index (Phi) is 3.65. The number of nitrogens with one attached hydrogen (secondary N) is 1. The van der Waals surface area contributed by atoms with Crippen molar-refractivity contribution in [2.24, 2.45) is 0 Å². The predicted molar refractivity (Wildman–Crippen MR) is 65.9 cm³/mol. The molecule has 0 saturated carbocycles. The van der Waals surface area contributed by atoms with Crippen molar-refractivity contribution in [3.05, 3.63) is 36.0 Å². The first kappa shape index (κ1) is 12.9. The molecule has 100 valence electrons. The van der Waals surface area contributed by atoms with Crippen LogP contribution >= 0.6 is 0 Å². The zero-order chi connectivity index (χ0) is 13.8. The second-order valence-corrected chi connectivity index (χ2v) is 3.89. The molecule has 0 aliphatic rings. The van der Waals surface area contributed by atoms with E-state index in [1.807, 2.05) is 6.92 Å². The molecule has 7 nitrogen and oxygen atoms in total. The summed E-state index contributed by atoms with van der Waals surface area (Å²) in [5, 5.41) is 15.1. The fraction of sp³-hybridized carbons (Fsp3) is 0.250. The summed E-state index contributed by atoms with van der Waals surface area (Å²) < 4.78 is 6.40. The Morgan fingerprint density at radius 2 is 2.32 bits per heavy atom. The van der Waals surface area contributed by atoms with E-state index in [4.69, 9.17) is 9.52 Å². The van der Waals surface area contributed by atoms with Gasteiger partial charge in [0.1, 0.15) is 12.3 Å². The molecule has 0 spiro atoms. The van der Waals surface area contributed by atoms with Crippen molar-refractivity contribution in [2.45, 2.75) is 19.9 Å². The van der Waals surface area contributed by atoms with Crippen LogP contribution in [0.25, 0.3) is 0 Å². The number of carbonyl (C=O) groups is 2. The summed E-state index contributed by atoms with van der Waals surface area (Å²) in [5.74, 6) is -0.694. The summed E-state index contributed by atoms with van der Waals surface area (Å²) in [4.78, 5) is 22.5. The van der Waals surface area contributed by atoms with Crippen LogP contribution in [0.5, 0.6) is 0 Å². The van der Waals surface area contributed by atoms with E-state index in [1.165, 1.54) is 23.3 Å². The van der Waals surface area contributed by atoms with Gasteiger partial charge >= 0.3 is 5.97 Å². The van der Waals surface area contributed by atoms with E-state index in [-0.39, 0.29) is 12.5 Å². The van der Waals surface area contributed by atoms with Crippen LogP contribution in [0.3, 0.4) is 0 Å². The Bertz CT molecular complexity index is 600. The largest absolute Gasteiger partial charge is 0.480 e. The molecule has 2 heterocycles. The second-order valence-electron chi connectivity index (χ2n) is 3.89. The third-order valence-corrected chi connectivity index (χ3v) is 2.50. The minimum Gasteiger partial charge on any atom is -0.480 e. The van der Waals surface area contributed by atoms with Gasteiger partial charge in [-0.3, -0.25) is 14.3 Å². The number of amides is 1. The predicted octanol–water partition coefficient (Wildman–Crippen LogP) is 1.38. The fourth-order valence-electron chi connectivity index (χ4n) is 1.67. The molecule has 0 saturated heterocycles. The van der Waals surface area contributed by atoms with Crippen LogP contribution in [-0.2, 0) is 17.8 Å². The number of carboxylic acids is 1. The summed E-state index contributed by atoms with van der Waals surface area (Å²) in [6.07, 6.45) is 4.93. The van der Waals surface area contributed by atoms with Crippen LogP contribution in [0, 0.1) is 0 Å². The standard InChI is InChI=1S/C12H13N3O4/c1-2-10-9(3-4-19-10)12(18)14-8-5-13-15(6-8)7-11(16)17/h3-6H,2,7H2,1H3,(H,14,18)(H,16,17). The summed E-state index contributed by atoms with van der Waals surface area (Å²) in [7, 11) is 0. The van der Waals surface area contributed by atoms with Crippen molar-refractivity contribution in [1.29, 1.82) is 0 Å². The van der Waals surface area contributed by atoms with Crippen molar-refractivity contribution in [1.82, 2.24) is 9.78 Å². The molecule has 2 aromatic heterocycles. The number of anilines is 1. The van der Waals surface area contributed by atoms with Crippen LogP contribution in [0.15, 0.2) is 29.1 Å². The first-order chi connectivity index (χ1) is 9.10. The Hall–Kier alpha value is -2.57. The lowest BCUT2D eigenvalue weighted by Crippen LogP contribution is -2.12. The first-order valence-electron chi connectivity index (χ1n) is 5.72. The van der Waals surface area contributed by atoms with Crippen molar-refractivity contribution < 1.29 is 19.1 Å². The molecule has 0 aliphatic heterocycles. The van der Waals surface area contributed by atoms with Gasteiger partial charge in [0, 0.05) is 12.6 Å². The highest BCUT2D eigenvalue weighted by Gasteiger charge is 2.14. The number of carbonyl (C=O) groups excluding carboxylic acids is 1. The Labute approximate surface area is 108 Å². The quantitative estimate of drug-likeness (QED) is 0.849. The normalized spacial score (nSPS) is 10.4. The van der Waals surface area contributed by atoms with Gasteiger partial charge in [-0.15, -0.1) is 0 Å². The highest BCUT2D eigenvalue weighted by molar-refractivity contribution is 6.04. The average molecular weight is 263 g/mol. The molecule has 0 unspecified atom stereocenters. The number of hydrogen-bond donors (Lipinski definition) is 2. The monoisotopic (exact) mass is 263 g/mol. The van der Waals surface area contributed by atoms with Gasteiger partial charge in [-0.25, -0.2) is 0 Å². The summed E-state index contributed by atoms with van der Waals surface area (Å²) in [6, 6.07) is 1.59. The molecule has 1 amide bonds. The van der Waals surface area contributed by atoms with E-state index >= 15 is 0 Å².